The first kappa shape index (κ1) is 16.8. The van der Waals surface area contributed by atoms with Gasteiger partial charge in [-0.2, -0.15) is 0 Å². The third-order valence-corrected chi connectivity index (χ3v) is 4.01. The van der Waals surface area contributed by atoms with Gasteiger partial charge < -0.3 is 5.73 Å². The standard InChI is InChI=1S/C9H14BrN3O2S.ClH/c1-9(2,6-11)13-16(14,15)8-3-7(10)4-12-5-8;/h3-5,13H,6,11H2,1-2H3;1H. The predicted octanol–water partition coefficient (Wildman–Crippen LogP) is 1.28. The Morgan fingerprint density at radius 3 is 2.53 bits per heavy atom. The van der Waals surface area contributed by atoms with Gasteiger partial charge in [0.05, 0.1) is 0 Å². The number of hydrogen-bond acceptors (Lipinski definition) is 4. The van der Waals surface area contributed by atoms with Crippen molar-refractivity contribution < 1.29 is 8.42 Å². The van der Waals surface area contributed by atoms with E-state index < -0.39 is 15.6 Å². The van der Waals surface area contributed by atoms with Gasteiger partial charge in [0.15, 0.2) is 0 Å². The molecule has 1 heterocycles. The van der Waals surface area contributed by atoms with E-state index in [1.54, 1.807) is 13.8 Å². The molecule has 5 nitrogen and oxygen atoms in total. The van der Waals surface area contributed by atoms with Crippen LogP contribution in [-0.4, -0.2) is 25.5 Å². The summed E-state index contributed by atoms with van der Waals surface area (Å²) in [4.78, 5) is 3.92. The monoisotopic (exact) mass is 343 g/mol. The number of nitrogens with one attached hydrogen (secondary N) is 1. The third kappa shape index (κ3) is 4.89. The van der Waals surface area contributed by atoms with Crippen molar-refractivity contribution in [2.24, 2.45) is 5.73 Å². The molecular weight excluding hydrogens is 330 g/mol. The first-order chi connectivity index (χ1) is 7.27. The highest BCUT2D eigenvalue weighted by Crippen LogP contribution is 2.16. The molecule has 8 heteroatoms. The minimum Gasteiger partial charge on any atom is -0.329 e. The maximum Gasteiger partial charge on any atom is 0.242 e. The topological polar surface area (TPSA) is 85.1 Å². The van der Waals surface area contributed by atoms with Crippen LogP contribution in [0.3, 0.4) is 0 Å². The number of nitrogens with two attached hydrogens (primary N) is 1. The molecule has 0 fully saturated rings. The molecular formula is C9H15BrClN3O2S. The first-order valence-electron chi connectivity index (χ1n) is 4.61. The average molecular weight is 345 g/mol. The van der Waals surface area contributed by atoms with Gasteiger partial charge in [0.1, 0.15) is 4.90 Å². The van der Waals surface area contributed by atoms with Crippen molar-refractivity contribution in [2.45, 2.75) is 24.3 Å². The maximum absolute atomic E-state index is 11.9. The molecule has 0 aliphatic rings. The Morgan fingerprint density at radius 2 is 2.06 bits per heavy atom. The van der Waals surface area contributed by atoms with Crippen molar-refractivity contribution in [3.63, 3.8) is 0 Å². The molecule has 0 aromatic carbocycles. The highest BCUT2D eigenvalue weighted by Gasteiger charge is 2.25. The van der Waals surface area contributed by atoms with Crippen LogP contribution in [0.5, 0.6) is 0 Å². The molecule has 0 atom stereocenters. The Morgan fingerprint density at radius 1 is 1.47 bits per heavy atom. The minimum absolute atomic E-state index is 0. The van der Waals surface area contributed by atoms with Crippen LogP contribution in [0.1, 0.15) is 13.8 Å². The number of rotatable bonds is 4. The number of hydrogen-bond donors (Lipinski definition) is 2. The summed E-state index contributed by atoms with van der Waals surface area (Å²) in [6.07, 6.45) is 2.81. The number of aromatic nitrogens is 1. The lowest BCUT2D eigenvalue weighted by molar-refractivity contribution is 0.462. The van der Waals surface area contributed by atoms with E-state index in [1.165, 1.54) is 18.5 Å². The lowest BCUT2D eigenvalue weighted by atomic mass is 10.1. The predicted molar refractivity (Wildman–Crippen MR) is 72.6 cm³/mol. The molecule has 0 radical (unpaired) electrons. The molecule has 98 valence electrons. The fraction of sp³-hybridized carbons (Fsp3) is 0.444. The Kier molecular flexibility index (Phi) is 6.03. The van der Waals surface area contributed by atoms with Gasteiger partial charge in [0.2, 0.25) is 10.0 Å². The normalized spacial score (nSPS) is 12.0. The molecule has 1 aromatic rings. The molecule has 0 aliphatic heterocycles. The van der Waals surface area contributed by atoms with Crippen LogP contribution >= 0.6 is 28.3 Å². The van der Waals surface area contributed by atoms with E-state index in [2.05, 4.69) is 25.6 Å². The third-order valence-electron chi connectivity index (χ3n) is 1.91. The highest BCUT2D eigenvalue weighted by atomic mass is 79.9. The van der Waals surface area contributed by atoms with E-state index in [1.807, 2.05) is 0 Å². The minimum atomic E-state index is -3.58. The summed E-state index contributed by atoms with van der Waals surface area (Å²) in [5.41, 5.74) is 4.79. The molecule has 0 bridgehead atoms. The second-order valence-electron chi connectivity index (χ2n) is 4.03. The van der Waals surface area contributed by atoms with Crippen molar-refractivity contribution in [1.82, 2.24) is 9.71 Å². The summed E-state index contributed by atoms with van der Waals surface area (Å²) < 4.78 is 27.0. The van der Waals surface area contributed by atoms with Crippen LogP contribution in [0, 0.1) is 0 Å². The van der Waals surface area contributed by atoms with Gasteiger partial charge in [-0.1, -0.05) is 0 Å². The molecule has 0 amide bonds. The van der Waals surface area contributed by atoms with Gasteiger partial charge >= 0.3 is 0 Å². The van der Waals surface area contributed by atoms with Crippen molar-refractivity contribution in [1.29, 1.82) is 0 Å². The van der Waals surface area contributed by atoms with E-state index in [0.29, 0.717) is 4.47 Å². The number of nitrogens with zero attached hydrogens (tertiary/aromatic N) is 1. The summed E-state index contributed by atoms with van der Waals surface area (Å²) in [6, 6.07) is 1.49. The van der Waals surface area contributed by atoms with Crippen LogP contribution < -0.4 is 10.5 Å². The Labute approximate surface area is 116 Å². The van der Waals surface area contributed by atoms with Crippen molar-refractivity contribution in [2.75, 3.05) is 6.54 Å². The second-order valence-corrected chi connectivity index (χ2v) is 6.63. The van der Waals surface area contributed by atoms with Gasteiger partial charge in [0, 0.05) is 29.0 Å². The highest BCUT2D eigenvalue weighted by molar-refractivity contribution is 9.10. The molecule has 1 rings (SSSR count). The quantitative estimate of drug-likeness (QED) is 0.861. The van der Waals surface area contributed by atoms with Gasteiger partial charge in [-0.05, 0) is 35.8 Å². The van der Waals surface area contributed by atoms with E-state index in [4.69, 9.17) is 5.73 Å². The lowest BCUT2D eigenvalue weighted by Gasteiger charge is -2.23. The van der Waals surface area contributed by atoms with Crippen molar-refractivity contribution in [3.05, 3.63) is 22.9 Å². The largest absolute Gasteiger partial charge is 0.329 e. The van der Waals surface area contributed by atoms with Gasteiger partial charge in [-0.15, -0.1) is 12.4 Å². The van der Waals surface area contributed by atoms with E-state index in [0.717, 1.165) is 0 Å². The van der Waals surface area contributed by atoms with Crippen molar-refractivity contribution >= 4 is 38.4 Å². The Bertz CT molecular complexity index is 479. The zero-order chi connectivity index (χ0) is 12.4. The zero-order valence-corrected chi connectivity index (χ0v) is 12.7. The molecule has 17 heavy (non-hydrogen) atoms. The fourth-order valence-electron chi connectivity index (χ4n) is 1.00. The summed E-state index contributed by atoms with van der Waals surface area (Å²) in [6.45, 7) is 3.65. The molecule has 0 aliphatic carbocycles. The van der Waals surface area contributed by atoms with Crippen LogP contribution in [0.4, 0.5) is 0 Å². The van der Waals surface area contributed by atoms with Gasteiger partial charge in [-0.3, -0.25) is 4.98 Å². The lowest BCUT2D eigenvalue weighted by Crippen LogP contribution is -2.48. The fourth-order valence-corrected chi connectivity index (χ4v) is 2.93. The summed E-state index contributed by atoms with van der Waals surface area (Å²) >= 11 is 3.17. The maximum atomic E-state index is 11.9. The van der Waals surface area contributed by atoms with E-state index in [-0.39, 0.29) is 23.8 Å². The van der Waals surface area contributed by atoms with Crippen LogP contribution in [0.15, 0.2) is 27.8 Å². The SMILES string of the molecule is CC(C)(CN)NS(=O)(=O)c1cncc(Br)c1.Cl. The summed E-state index contributed by atoms with van der Waals surface area (Å²) in [5.74, 6) is 0. The molecule has 0 saturated heterocycles. The molecule has 0 saturated carbocycles. The van der Waals surface area contributed by atoms with Crippen LogP contribution in [0.2, 0.25) is 0 Å². The van der Waals surface area contributed by atoms with E-state index >= 15 is 0 Å². The second kappa shape index (κ2) is 6.10. The molecule has 0 unspecified atom stereocenters. The molecule has 3 N–H and O–H groups in total. The molecule has 1 aromatic heterocycles. The average Bonchev–Trinajstić information content (AvgIpc) is 2.16. The zero-order valence-electron chi connectivity index (χ0n) is 9.47. The summed E-state index contributed by atoms with van der Waals surface area (Å²) in [7, 11) is -3.58. The first-order valence-corrected chi connectivity index (χ1v) is 6.89. The van der Waals surface area contributed by atoms with E-state index in [9.17, 15) is 8.42 Å². The van der Waals surface area contributed by atoms with Crippen LogP contribution in [0.25, 0.3) is 0 Å². The van der Waals surface area contributed by atoms with Crippen LogP contribution in [-0.2, 0) is 10.0 Å². The molecule has 0 spiro atoms. The van der Waals surface area contributed by atoms with Crippen molar-refractivity contribution in [3.8, 4) is 0 Å². The Balaban J connectivity index is 0.00000256. The summed E-state index contributed by atoms with van der Waals surface area (Å²) in [5, 5.41) is 0. The number of pyridine rings is 1. The van der Waals surface area contributed by atoms with Gasteiger partial charge in [0.25, 0.3) is 0 Å². The number of sulfonamides is 1. The smallest absolute Gasteiger partial charge is 0.242 e. The number of halogens is 2. The Hall–Kier alpha value is -0.210. The van der Waals surface area contributed by atoms with Gasteiger partial charge in [-0.25, -0.2) is 13.1 Å².